The van der Waals surface area contributed by atoms with Gasteiger partial charge in [0, 0.05) is 18.7 Å². The van der Waals surface area contributed by atoms with Crippen molar-refractivity contribution in [2.75, 3.05) is 13.1 Å². The van der Waals surface area contributed by atoms with E-state index in [0.717, 1.165) is 6.54 Å². The lowest BCUT2D eigenvalue weighted by Crippen LogP contribution is -2.24. The number of allylic oxidation sites excluding steroid dienone is 2. The van der Waals surface area contributed by atoms with Gasteiger partial charge < -0.3 is 14.7 Å². The molecule has 2 aliphatic heterocycles. The summed E-state index contributed by atoms with van der Waals surface area (Å²) in [6.45, 7) is 1.55. The molecular formula is C9H11NO3. The number of nitrogens with zero attached hydrogens (tertiary/aromatic N) is 1. The topological polar surface area (TPSA) is 49.8 Å². The molecule has 0 spiro atoms. The van der Waals surface area contributed by atoms with Gasteiger partial charge >= 0.3 is 6.16 Å². The third-order valence-electron chi connectivity index (χ3n) is 2.28. The molecule has 1 fully saturated rings. The molecule has 0 saturated carbocycles. The zero-order chi connectivity index (χ0) is 9.26. The zero-order valence-corrected chi connectivity index (χ0v) is 7.14. The van der Waals surface area contributed by atoms with E-state index in [4.69, 9.17) is 9.84 Å². The van der Waals surface area contributed by atoms with Crippen LogP contribution >= 0.6 is 0 Å². The maximum absolute atomic E-state index is 10.3. The van der Waals surface area contributed by atoms with Crippen molar-refractivity contribution < 1.29 is 14.6 Å². The van der Waals surface area contributed by atoms with Gasteiger partial charge in [-0.2, -0.15) is 0 Å². The number of carbonyl (C=O) groups is 1. The average Bonchev–Trinajstić information content (AvgIpc) is 2.44. The van der Waals surface area contributed by atoms with Gasteiger partial charge in [0.2, 0.25) is 0 Å². The van der Waals surface area contributed by atoms with Crippen molar-refractivity contribution in [1.29, 1.82) is 0 Å². The van der Waals surface area contributed by atoms with E-state index in [-0.39, 0.29) is 6.10 Å². The molecule has 13 heavy (non-hydrogen) atoms. The predicted molar refractivity (Wildman–Crippen MR) is 46.3 cm³/mol. The summed E-state index contributed by atoms with van der Waals surface area (Å²) in [6.07, 6.45) is 5.38. The first-order chi connectivity index (χ1) is 6.25. The summed E-state index contributed by atoms with van der Waals surface area (Å²) < 4.78 is 4.71. The van der Waals surface area contributed by atoms with Crippen LogP contribution in [-0.2, 0) is 4.74 Å². The first-order valence-electron chi connectivity index (χ1n) is 4.26. The van der Waals surface area contributed by atoms with Crippen molar-refractivity contribution in [2.24, 2.45) is 0 Å². The minimum atomic E-state index is -1.18. The third-order valence-corrected chi connectivity index (χ3v) is 2.28. The van der Waals surface area contributed by atoms with E-state index in [2.05, 4.69) is 4.90 Å². The second-order valence-corrected chi connectivity index (χ2v) is 3.20. The number of fused-ring (bicyclic) bond motifs is 1. The lowest BCUT2D eigenvalue weighted by Gasteiger charge is -2.19. The Balaban J connectivity index is 1.98. The quantitative estimate of drug-likeness (QED) is 0.618. The Kier molecular flexibility index (Phi) is 1.96. The van der Waals surface area contributed by atoms with Gasteiger partial charge in [0.1, 0.15) is 6.10 Å². The van der Waals surface area contributed by atoms with Gasteiger partial charge in [-0.05, 0) is 6.08 Å². The molecule has 4 heteroatoms. The van der Waals surface area contributed by atoms with Crippen LogP contribution in [0.4, 0.5) is 4.79 Å². The van der Waals surface area contributed by atoms with Gasteiger partial charge in [0.15, 0.2) is 0 Å². The minimum absolute atomic E-state index is 0.191. The van der Waals surface area contributed by atoms with Crippen LogP contribution in [0.3, 0.4) is 0 Å². The van der Waals surface area contributed by atoms with Crippen LogP contribution in [0.15, 0.2) is 23.9 Å². The van der Waals surface area contributed by atoms with Crippen molar-refractivity contribution in [3.8, 4) is 0 Å². The molecule has 0 aromatic carbocycles. The van der Waals surface area contributed by atoms with Gasteiger partial charge in [-0.15, -0.1) is 0 Å². The number of hydrogen-bond donors (Lipinski definition) is 1. The minimum Gasteiger partial charge on any atom is -0.450 e. The summed E-state index contributed by atoms with van der Waals surface area (Å²) >= 11 is 0. The largest absolute Gasteiger partial charge is 0.506 e. The van der Waals surface area contributed by atoms with Gasteiger partial charge in [0.25, 0.3) is 0 Å². The van der Waals surface area contributed by atoms with Crippen LogP contribution in [0.5, 0.6) is 0 Å². The molecule has 4 nitrogen and oxygen atoms in total. The highest BCUT2D eigenvalue weighted by Crippen LogP contribution is 2.25. The molecular weight excluding hydrogens is 170 g/mol. The SMILES string of the molecule is O=C(O)OC1CC2=CC=CCN2C1. The molecule has 0 aliphatic carbocycles. The average molecular weight is 181 g/mol. The number of carboxylic acid groups (broad SMARTS) is 1. The molecule has 0 aromatic rings. The van der Waals surface area contributed by atoms with E-state index in [9.17, 15) is 4.79 Å². The second kappa shape index (κ2) is 3.12. The fourth-order valence-electron chi connectivity index (χ4n) is 1.74. The molecule has 0 amide bonds. The van der Waals surface area contributed by atoms with Gasteiger partial charge in [0.05, 0.1) is 6.54 Å². The van der Waals surface area contributed by atoms with Crippen LogP contribution < -0.4 is 0 Å². The monoisotopic (exact) mass is 181 g/mol. The van der Waals surface area contributed by atoms with Crippen LogP contribution in [-0.4, -0.2) is 35.4 Å². The number of rotatable bonds is 1. The fourth-order valence-corrected chi connectivity index (χ4v) is 1.74. The molecule has 2 rings (SSSR count). The first-order valence-corrected chi connectivity index (χ1v) is 4.26. The van der Waals surface area contributed by atoms with Gasteiger partial charge in [-0.25, -0.2) is 4.79 Å². The standard InChI is InChI=1S/C9H11NO3/c11-9(12)13-8-5-7-3-1-2-4-10(7)6-8/h1-3,8H,4-6H2,(H,11,12). The smallest absolute Gasteiger partial charge is 0.450 e. The highest BCUT2D eigenvalue weighted by atomic mass is 16.7. The highest BCUT2D eigenvalue weighted by Gasteiger charge is 2.28. The Hall–Kier alpha value is -1.45. The Morgan fingerprint density at radius 1 is 1.69 bits per heavy atom. The second-order valence-electron chi connectivity index (χ2n) is 3.20. The van der Waals surface area contributed by atoms with Crippen LogP contribution in [0.25, 0.3) is 0 Å². The summed E-state index contributed by atoms with van der Waals surface area (Å²) in [5, 5.41) is 8.43. The van der Waals surface area contributed by atoms with Crippen molar-refractivity contribution >= 4 is 6.16 Å². The molecule has 1 atom stereocenters. The maximum atomic E-state index is 10.3. The molecule has 0 radical (unpaired) electrons. The van der Waals surface area contributed by atoms with Crippen molar-refractivity contribution in [1.82, 2.24) is 4.90 Å². The van der Waals surface area contributed by atoms with Crippen molar-refractivity contribution in [3.63, 3.8) is 0 Å². The summed E-state index contributed by atoms with van der Waals surface area (Å²) in [7, 11) is 0. The number of hydrogen-bond acceptors (Lipinski definition) is 3. The molecule has 2 aliphatic rings. The maximum Gasteiger partial charge on any atom is 0.506 e. The summed E-state index contributed by atoms with van der Waals surface area (Å²) in [6, 6.07) is 0. The van der Waals surface area contributed by atoms with Gasteiger partial charge in [-0.1, -0.05) is 12.2 Å². The molecule has 0 aromatic heterocycles. The molecule has 0 bridgehead atoms. The normalized spacial score (nSPS) is 25.4. The van der Waals surface area contributed by atoms with Gasteiger partial charge in [-0.3, -0.25) is 0 Å². The molecule has 1 saturated heterocycles. The molecule has 2 heterocycles. The summed E-state index contributed by atoms with van der Waals surface area (Å²) in [5.41, 5.74) is 1.17. The summed E-state index contributed by atoms with van der Waals surface area (Å²) in [5.74, 6) is 0. The third kappa shape index (κ3) is 1.66. The lowest BCUT2D eigenvalue weighted by molar-refractivity contribution is 0.0557. The Labute approximate surface area is 76.1 Å². The van der Waals surface area contributed by atoms with Crippen LogP contribution in [0, 0.1) is 0 Å². The zero-order valence-electron chi connectivity index (χ0n) is 7.14. The van der Waals surface area contributed by atoms with Crippen molar-refractivity contribution in [3.05, 3.63) is 23.9 Å². The predicted octanol–water partition coefficient (Wildman–Crippen LogP) is 1.21. The van der Waals surface area contributed by atoms with Crippen LogP contribution in [0.1, 0.15) is 6.42 Å². The summed E-state index contributed by atoms with van der Waals surface area (Å²) in [4.78, 5) is 12.4. The fraction of sp³-hybridized carbons (Fsp3) is 0.444. The Morgan fingerprint density at radius 3 is 3.23 bits per heavy atom. The first kappa shape index (κ1) is 8.16. The van der Waals surface area contributed by atoms with Crippen molar-refractivity contribution in [2.45, 2.75) is 12.5 Å². The Bertz CT molecular complexity index is 283. The molecule has 1 unspecified atom stereocenters. The van der Waals surface area contributed by atoms with E-state index in [1.807, 2.05) is 18.2 Å². The van der Waals surface area contributed by atoms with E-state index in [1.54, 1.807) is 0 Å². The molecule has 1 N–H and O–H groups in total. The highest BCUT2D eigenvalue weighted by molar-refractivity contribution is 5.57. The Morgan fingerprint density at radius 2 is 2.54 bits per heavy atom. The van der Waals surface area contributed by atoms with E-state index in [0.29, 0.717) is 13.0 Å². The van der Waals surface area contributed by atoms with E-state index >= 15 is 0 Å². The molecule has 70 valence electrons. The lowest BCUT2D eigenvalue weighted by atomic mass is 10.2. The van der Waals surface area contributed by atoms with E-state index in [1.165, 1.54) is 5.70 Å². The van der Waals surface area contributed by atoms with Crippen LogP contribution in [0.2, 0.25) is 0 Å². The van der Waals surface area contributed by atoms with E-state index < -0.39 is 6.16 Å². The number of ether oxygens (including phenoxy) is 1.